The van der Waals surface area contributed by atoms with E-state index in [0.29, 0.717) is 26.2 Å². The molecule has 0 atom stereocenters. The molecule has 1 aliphatic carbocycles. The Kier molecular flexibility index (Phi) is 5.33. The summed E-state index contributed by atoms with van der Waals surface area (Å²) in [5.74, 6) is -0.0432. The number of hydrogen-bond acceptors (Lipinski definition) is 2. The molecule has 0 unspecified atom stereocenters. The maximum atomic E-state index is 13.6. The van der Waals surface area contributed by atoms with E-state index in [1.165, 1.54) is 18.6 Å². The topological polar surface area (TPSA) is 52.7 Å². The summed E-state index contributed by atoms with van der Waals surface area (Å²) in [6.45, 7) is 2.08. The van der Waals surface area contributed by atoms with Crippen LogP contribution in [0.2, 0.25) is 0 Å². The van der Waals surface area contributed by atoms with Gasteiger partial charge in [0.25, 0.3) is 0 Å². The Morgan fingerprint density at radius 2 is 1.58 bits per heavy atom. The molecule has 5 nitrogen and oxygen atoms in total. The number of anilines is 1. The van der Waals surface area contributed by atoms with Crippen LogP contribution in [0.25, 0.3) is 0 Å². The number of nitrogens with zero attached hydrogens (tertiary/aromatic N) is 2. The van der Waals surface area contributed by atoms with Crippen LogP contribution < -0.4 is 5.32 Å². The Hall–Kier alpha value is -2.11. The van der Waals surface area contributed by atoms with E-state index in [9.17, 15) is 14.0 Å². The Labute approximate surface area is 141 Å². The molecule has 1 aliphatic heterocycles. The highest BCUT2D eigenvalue weighted by molar-refractivity contribution is 5.89. The molecular formula is C18H24FN3O2. The van der Waals surface area contributed by atoms with Crippen LogP contribution in [0.15, 0.2) is 24.3 Å². The molecule has 2 fully saturated rings. The SMILES string of the molecule is O=C(Nc1ccccc1F)N1CCN(C(=O)C2CCCCC2)CC1. The summed E-state index contributed by atoms with van der Waals surface area (Å²) in [6.07, 6.45) is 5.50. The van der Waals surface area contributed by atoms with Crippen molar-refractivity contribution in [2.75, 3.05) is 31.5 Å². The number of nitrogens with one attached hydrogen (secondary N) is 1. The summed E-state index contributed by atoms with van der Waals surface area (Å²) >= 11 is 0. The van der Waals surface area contributed by atoms with Crippen molar-refractivity contribution in [3.63, 3.8) is 0 Å². The van der Waals surface area contributed by atoms with Crippen LogP contribution in [0.5, 0.6) is 0 Å². The van der Waals surface area contributed by atoms with Gasteiger partial charge in [-0.1, -0.05) is 31.4 Å². The standard InChI is InChI=1S/C18H24FN3O2/c19-15-8-4-5-9-16(15)20-18(24)22-12-10-21(11-13-22)17(23)14-6-2-1-3-7-14/h4-5,8-9,14H,1-3,6-7,10-13H2,(H,20,24). The second-order valence-electron chi connectivity index (χ2n) is 6.56. The number of halogens is 1. The van der Waals surface area contributed by atoms with Crippen LogP contribution in [0.3, 0.4) is 0 Å². The van der Waals surface area contributed by atoms with Crippen molar-refractivity contribution in [2.24, 2.45) is 5.92 Å². The van der Waals surface area contributed by atoms with Gasteiger partial charge in [-0.15, -0.1) is 0 Å². The van der Waals surface area contributed by atoms with E-state index in [4.69, 9.17) is 0 Å². The minimum Gasteiger partial charge on any atom is -0.339 e. The minimum absolute atomic E-state index is 0.164. The van der Waals surface area contributed by atoms with Crippen molar-refractivity contribution in [2.45, 2.75) is 32.1 Å². The highest BCUT2D eigenvalue weighted by Crippen LogP contribution is 2.26. The molecule has 0 bridgehead atoms. The third-order valence-electron chi connectivity index (χ3n) is 4.95. The van der Waals surface area contributed by atoms with E-state index in [1.807, 2.05) is 4.90 Å². The van der Waals surface area contributed by atoms with Crippen molar-refractivity contribution < 1.29 is 14.0 Å². The number of benzene rings is 1. The van der Waals surface area contributed by atoms with Gasteiger partial charge in [-0.05, 0) is 25.0 Å². The molecule has 0 aromatic heterocycles. The average Bonchev–Trinajstić information content (AvgIpc) is 2.64. The van der Waals surface area contributed by atoms with Gasteiger partial charge in [0.2, 0.25) is 5.91 Å². The van der Waals surface area contributed by atoms with Crippen molar-refractivity contribution in [1.82, 2.24) is 9.80 Å². The highest BCUT2D eigenvalue weighted by Gasteiger charge is 2.29. The van der Waals surface area contributed by atoms with Gasteiger partial charge < -0.3 is 15.1 Å². The predicted molar refractivity (Wildman–Crippen MR) is 90.1 cm³/mol. The summed E-state index contributed by atoms with van der Waals surface area (Å²) in [5.41, 5.74) is 0.184. The first-order valence-electron chi connectivity index (χ1n) is 8.74. The van der Waals surface area contributed by atoms with Crippen LogP contribution >= 0.6 is 0 Å². The number of amides is 3. The van der Waals surface area contributed by atoms with Gasteiger partial charge in [-0.25, -0.2) is 9.18 Å². The largest absolute Gasteiger partial charge is 0.339 e. The Balaban J connectivity index is 1.50. The number of urea groups is 1. The predicted octanol–water partition coefficient (Wildman–Crippen LogP) is 3.08. The van der Waals surface area contributed by atoms with Gasteiger partial charge in [0.15, 0.2) is 0 Å². The molecule has 0 radical (unpaired) electrons. The van der Waals surface area contributed by atoms with Crippen LogP contribution in [0, 0.1) is 11.7 Å². The van der Waals surface area contributed by atoms with Gasteiger partial charge in [-0.2, -0.15) is 0 Å². The molecule has 24 heavy (non-hydrogen) atoms. The molecule has 0 spiro atoms. The van der Waals surface area contributed by atoms with Gasteiger partial charge in [-0.3, -0.25) is 4.79 Å². The van der Waals surface area contributed by atoms with Gasteiger partial charge in [0.05, 0.1) is 5.69 Å². The lowest BCUT2D eigenvalue weighted by molar-refractivity contribution is -0.137. The molecule has 1 aromatic rings. The lowest BCUT2D eigenvalue weighted by Crippen LogP contribution is -2.53. The zero-order chi connectivity index (χ0) is 16.9. The lowest BCUT2D eigenvalue weighted by Gasteiger charge is -2.37. The molecule has 1 saturated carbocycles. The molecule has 6 heteroatoms. The second-order valence-corrected chi connectivity index (χ2v) is 6.56. The molecule has 1 aromatic carbocycles. The van der Waals surface area contributed by atoms with E-state index < -0.39 is 5.82 Å². The maximum Gasteiger partial charge on any atom is 0.322 e. The smallest absolute Gasteiger partial charge is 0.322 e. The first kappa shape index (κ1) is 16.7. The summed E-state index contributed by atoms with van der Waals surface area (Å²) < 4.78 is 13.6. The van der Waals surface area contributed by atoms with E-state index in [-0.39, 0.29) is 23.5 Å². The number of rotatable bonds is 2. The first-order valence-corrected chi connectivity index (χ1v) is 8.74. The van der Waals surface area contributed by atoms with E-state index in [1.54, 1.807) is 17.0 Å². The third kappa shape index (κ3) is 3.86. The van der Waals surface area contributed by atoms with Crippen molar-refractivity contribution in [3.8, 4) is 0 Å². The summed E-state index contributed by atoms with van der Waals surface area (Å²) in [4.78, 5) is 28.3. The molecular weight excluding hydrogens is 309 g/mol. The van der Waals surface area contributed by atoms with Crippen molar-refractivity contribution in [1.29, 1.82) is 0 Å². The minimum atomic E-state index is -0.447. The summed E-state index contributed by atoms with van der Waals surface area (Å²) in [5, 5.41) is 2.60. The molecule has 2 aliphatic rings. The fraction of sp³-hybridized carbons (Fsp3) is 0.556. The zero-order valence-electron chi connectivity index (χ0n) is 13.8. The Bertz CT molecular complexity index is 594. The van der Waals surface area contributed by atoms with Crippen molar-refractivity contribution in [3.05, 3.63) is 30.1 Å². The molecule has 1 heterocycles. The second kappa shape index (κ2) is 7.64. The number of hydrogen-bond donors (Lipinski definition) is 1. The highest BCUT2D eigenvalue weighted by atomic mass is 19.1. The van der Waals surface area contributed by atoms with E-state index in [2.05, 4.69) is 5.32 Å². The molecule has 1 saturated heterocycles. The molecule has 3 rings (SSSR count). The third-order valence-corrected chi connectivity index (χ3v) is 4.95. The molecule has 3 amide bonds. The fourth-order valence-corrected chi connectivity index (χ4v) is 3.49. The van der Waals surface area contributed by atoms with Crippen LogP contribution in [0.4, 0.5) is 14.9 Å². The maximum absolute atomic E-state index is 13.6. The van der Waals surface area contributed by atoms with Crippen LogP contribution in [-0.4, -0.2) is 47.9 Å². The lowest BCUT2D eigenvalue weighted by atomic mass is 9.88. The number of piperazine rings is 1. The number of carbonyl (C=O) groups is 2. The Morgan fingerprint density at radius 3 is 2.25 bits per heavy atom. The van der Waals surface area contributed by atoms with Crippen LogP contribution in [0.1, 0.15) is 32.1 Å². The quantitative estimate of drug-likeness (QED) is 0.904. The average molecular weight is 333 g/mol. The van der Waals surface area contributed by atoms with Gasteiger partial charge in [0, 0.05) is 32.1 Å². The summed E-state index contributed by atoms with van der Waals surface area (Å²) in [6, 6.07) is 5.80. The normalized spacial score (nSPS) is 19.2. The molecule has 1 N–H and O–H groups in total. The fourth-order valence-electron chi connectivity index (χ4n) is 3.49. The van der Waals surface area contributed by atoms with Gasteiger partial charge in [0.1, 0.15) is 5.82 Å². The Morgan fingerprint density at radius 1 is 0.958 bits per heavy atom. The summed E-state index contributed by atoms with van der Waals surface area (Å²) in [7, 11) is 0. The first-order chi connectivity index (χ1) is 11.6. The van der Waals surface area contributed by atoms with Gasteiger partial charge >= 0.3 is 6.03 Å². The monoisotopic (exact) mass is 333 g/mol. The zero-order valence-corrected chi connectivity index (χ0v) is 13.8. The number of carbonyl (C=O) groups excluding carboxylic acids is 2. The molecule has 130 valence electrons. The van der Waals surface area contributed by atoms with E-state index >= 15 is 0 Å². The van der Waals surface area contributed by atoms with Crippen molar-refractivity contribution >= 4 is 17.6 Å². The van der Waals surface area contributed by atoms with E-state index in [0.717, 1.165) is 25.7 Å². The number of para-hydroxylation sites is 1. The van der Waals surface area contributed by atoms with Crippen LogP contribution in [-0.2, 0) is 4.79 Å².